The van der Waals surface area contributed by atoms with Gasteiger partial charge >= 0.3 is 6.18 Å². The first-order chi connectivity index (χ1) is 23.7. The maximum Gasteiger partial charge on any atom is 0.416 e. The highest BCUT2D eigenvalue weighted by Gasteiger charge is 2.36. The number of aromatic nitrogens is 2. The fourth-order valence-electron chi connectivity index (χ4n) is 6.10. The van der Waals surface area contributed by atoms with Gasteiger partial charge in [0.25, 0.3) is 5.92 Å². The summed E-state index contributed by atoms with van der Waals surface area (Å²) < 4.78 is 69.7. The molecule has 0 spiro atoms. The summed E-state index contributed by atoms with van der Waals surface area (Å²) in [6.45, 7) is 8.39. The summed E-state index contributed by atoms with van der Waals surface area (Å²) in [6.07, 6.45) is -1.69. The Balaban J connectivity index is 1.19. The zero-order chi connectivity index (χ0) is 35.6. The number of hydrogen-bond donors (Lipinski definition) is 2. The van der Waals surface area contributed by atoms with Crippen LogP contribution in [0.2, 0.25) is 0 Å². The molecule has 0 amide bonds. The third-order valence-electron chi connectivity index (χ3n) is 8.97. The second kappa shape index (κ2) is 14.2. The van der Waals surface area contributed by atoms with Crippen LogP contribution >= 0.6 is 0 Å². The first-order valence-electron chi connectivity index (χ1n) is 16.5. The van der Waals surface area contributed by atoms with Crippen LogP contribution in [0.1, 0.15) is 48.2 Å². The van der Waals surface area contributed by atoms with E-state index in [1.807, 2.05) is 11.8 Å². The van der Waals surface area contributed by atoms with E-state index in [0.717, 1.165) is 30.8 Å². The van der Waals surface area contributed by atoms with E-state index in [1.54, 1.807) is 24.3 Å². The Morgan fingerprint density at radius 2 is 1.82 bits per heavy atom. The van der Waals surface area contributed by atoms with Crippen molar-refractivity contribution in [2.24, 2.45) is 9.98 Å². The smallest absolute Gasteiger partial charge is 0.378 e. The molecule has 50 heavy (non-hydrogen) atoms. The molecule has 1 aromatic heterocycles. The van der Waals surface area contributed by atoms with E-state index in [0.29, 0.717) is 54.4 Å². The van der Waals surface area contributed by atoms with Crippen molar-refractivity contribution in [1.29, 1.82) is 0 Å². The van der Waals surface area contributed by atoms with Crippen LogP contribution in [0, 0.1) is 6.92 Å². The first-order valence-corrected chi connectivity index (χ1v) is 16.5. The zero-order valence-corrected chi connectivity index (χ0v) is 28.0. The van der Waals surface area contributed by atoms with Crippen LogP contribution in [0.5, 0.6) is 0 Å². The number of aliphatic imine (C=N–C) groups is 1. The number of piperidine rings is 1. The van der Waals surface area contributed by atoms with E-state index in [9.17, 15) is 26.7 Å². The molecule has 4 heterocycles. The Labute approximate surface area is 286 Å². The van der Waals surface area contributed by atoms with Crippen molar-refractivity contribution in [3.63, 3.8) is 0 Å². The molecule has 3 aromatic rings. The van der Waals surface area contributed by atoms with Crippen LogP contribution in [0.25, 0.3) is 5.73 Å². The molecule has 264 valence electrons. The number of carbonyl (C=O) groups excluding carboxylic acids is 1. The Bertz CT molecular complexity index is 1950. The summed E-state index contributed by atoms with van der Waals surface area (Å²) in [5, 5.41) is 6.67. The zero-order valence-electron chi connectivity index (χ0n) is 28.0. The van der Waals surface area contributed by atoms with E-state index < -0.39 is 24.2 Å². The van der Waals surface area contributed by atoms with Gasteiger partial charge in [0.05, 0.1) is 24.8 Å². The molecule has 3 aliphatic rings. The molecule has 0 atom stereocenters. The molecule has 3 aliphatic heterocycles. The highest BCUT2D eigenvalue weighted by Crippen LogP contribution is 2.35. The molecule has 10 nitrogen and oxygen atoms in total. The van der Waals surface area contributed by atoms with Gasteiger partial charge in [-0.05, 0) is 62.8 Å². The number of halogens is 5. The number of anilines is 4. The molecule has 2 fully saturated rings. The van der Waals surface area contributed by atoms with E-state index in [1.165, 1.54) is 17.4 Å². The minimum Gasteiger partial charge on any atom is -0.378 e. The monoisotopic (exact) mass is 695 g/mol. The minimum atomic E-state index is -4.55. The maximum absolute atomic E-state index is 14.0. The van der Waals surface area contributed by atoms with Crippen molar-refractivity contribution in [2.75, 3.05) is 66.2 Å². The van der Waals surface area contributed by atoms with Crippen LogP contribution in [0.3, 0.4) is 0 Å². The van der Waals surface area contributed by atoms with E-state index in [4.69, 9.17) is 0 Å². The van der Waals surface area contributed by atoms with Gasteiger partial charge in [0, 0.05) is 67.8 Å². The van der Waals surface area contributed by atoms with Crippen LogP contribution in [-0.4, -0.2) is 84.8 Å². The Kier molecular flexibility index (Phi) is 9.90. The van der Waals surface area contributed by atoms with E-state index in [-0.39, 0.29) is 41.6 Å². The number of nitrogens with one attached hydrogen (secondary N) is 2. The lowest BCUT2D eigenvalue weighted by Crippen LogP contribution is -2.49. The molecule has 0 unspecified atom stereocenters. The third-order valence-corrected chi connectivity index (χ3v) is 8.97. The molecular weight excluding hydrogens is 657 g/mol. The SMILES string of the molecule is Cc1ccc(C(=O)CNc2cc(N3CCN(C(C)C)CC3)cc(C(F)(F)F)c2)cc1NC1=C=c2nc(N3CCCC(F)(F)C3)ncc2=NC=N1. The average molecular weight is 696 g/mol. The third kappa shape index (κ3) is 8.28. The quantitative estimate of drug-likeness (QED) is 0.242. The molecule has 0 saturated carbocycles. The van der Waals surface area contributed by atoms with Gasteiger partial charge in [0.2, 0.25) is 5.95 Å². The first kappa shape index (κ1) is 35.0. The van der Waals surface area contributed by atoms with Gasteiger partial charge < -0.3 is 20.4 Å². The van der Waals surface area contributed by atoms with Crippen LogP contribution in [-0.2, 0) is 6.18 Å². The molecule has 2 aromatic carbocycles. The highest BCUT2D eigenvalue weighted by atomic mass is 19.4. The van der Waals surface area contributed by atoms with Gasteiger partial charge in [0.15, 0.2) is 11.6 Å². The molecule has 0 bridgehead atoms. The lowest BCUT2D eigenvalue weighted by molar-refractivity contribution is -0.137. The number of carbonyl (C=O) groups is 1. The number of piperazine rings is 1. The number of ketones is 1. The number of fused-ring (bicyclic) bond motifs is 1. The summed E-state index contributed by atoms with van der Waals surface area (Å²) >= 11 is 0. The van der Waals surface area contributed by atoms with Gasteiger partial charge in [-0.25, -0.2) is 28.7 Å². The summed E-state index contributed by atoms with van der Waals surface area (Å²) in [5.41, 5.74) is 4.54. The predicted octanol–water partition coefficient (Wildman–Crippen LogP) is 4.86. The Morgan fingerprint density at radius 1 is 1.04 bits per heavy atom. The molecule has 0 aliphatic carbocycles. The lowest BCUT2D eigenvalue weighted by Gasteiger charge is -2.38. The van der Waals surface area contributed by atoms with Gasteiger partial charge in [-0.2, -0.15) is 13.2 Å². The lowest BCUT2D eigenvalue weighted by atomic mass is 10.1. The van der Waals surface area contributed by atoms with Crippen molar-refractivity contribution in [1.82, 2.24) is 14.9 Å². The fourth-order valence-corrected chi connectivity index (χ4v) is 6.10. The summed E-state index contributed by atoms with van der Waals surface area (Å²) in [6, 6.07) is 9.19. The molecule has 15 heteroatoms. The second-order valence-electron chi connectivity index (χ2n) is 12.9. The number of alkyl halides is 5. The number of benzene rings is 2. The number of aryl methyl sites for hydroxylation is 1. The van der Waals surface area contributed by atoms with Crippen molar-refractivity contribution in [2.45, 2.75) is 51.8 Å². The maximum atomic E-state index is 14.0. The molecule has 2 N–H and O–H groups in total. The number of rotatable bonds is 9. The predicted molar refractivity (Wildman–Crippen MR) is 183 cm³/mol. The molecule has 2 saturated heterocycles. The number of nitrogens with zero attached hydrogens (tertiary/aromatic N) is 7. The van der Waals surface area contributed by atoms with E-state index >= 15 is 0 Å². The molecule has 6 rings (SSSR count). The molecular formula is C35H38F5N9O. The van der Waals surface area contributed by atoms with Gasteiger partial charge in [0.1, 0.15) is 17.0 Å². The topological polar surface area (TPSA) is 101 Å². The standard InChI is InChI=1S/C35H38F5N9O/c1-22(2)47-9-11-48(12-10-47)27-15-25(35(38,39)40)14-26(16-27)41-19-31(50)24-6-5-23(3)28(13-24)45-32-17-29-30(43-21-44-32)18-42-33(46-29)49-8-4-7-34(36,37)20-49/h5-6,13-16,18,21-22,41,45H,4,7-12,19-20H2,1-3H3. The normalized spacial score (nSPS) is 17.7. The molecule has 0 radical (unpaired) electrons. The summed E-state index contributed by atoms with van der Waals surface area (Å²) in [7, 11) is 0. The summed E-state index contributed by atoms with van der Waals surface area (Å²) in [4.78, 5) is 36.2. The van der Waals surface area contributed by atoms with E-state index in [2.05, 4.69) is 55.1 Å². The van der Waals surface area contributed by atoms with Gasteiger partial charge in [-0.3, -0.25) is 9.69 Å². The Morgan fingerprint density at radius 3 is 2.54 bits per heavy atom. The van der Waals surface area contributed by atoms with Crippen LogP contribution in [0.4, 0.5) is 45.0 Å². The van der Waals surface area contributed by atoms with Crippen molar-refractivity contribution in [3.05, 3.63) is 75.8 Å². The van der Waals surface area contributed by atoms with Gasteiger partial charge in [-0.1, -0.05) is 12.1 Å². The van der Waals surface area contributed by atoms with Crippen molar-refractivity contribution < 1.29 is 26.7 Å². The van der Waals surface area contributed by atoms with Crippen molar-refractivity contribution >= 4 is 40.9 Å². The largest absolute Gasteiger partial charge is 0.416 e. The minimum absolute atomic E-state index is 0.143. The number of hydrogen-bond acceptors (Lipinski definition) is 10. The summed E-state index contributed by atoms with van der Waals surface area (Å²) in [5.74, 6) is -2.80. The van der Waals surface area contributed by atoms with Crippen molar-refractivity contribution in [3.8, 4) is 0 Å². The second-order valence-corrected chi connectivity index (χ2v) is 12.9. The fraction of sp³-hybridized carbons (Fsp3) is 0.429. The number of Topliss-reactive ketones (excluding diaryl/α,β-unsaturated/α-hetero) is 1. The average Bonchev–Trinajstić information content (AvgIpc) is 3.28. The highest BCUT2D eigenvalue weighted by molar-refractivity contribution is 6.00. The Hall–Kier alpha value is -4.88. The van der Waals surface area contributed by atoms with Crippen LogP contribution < -0.4 is 31.1 Å². The van der Waals surface area contributed by atoms with Gasteiger partial charge in [-0.15, -0.1) is 0 Å². The van der Waals surface area contributed by atoms with Crippen LogP contribution in [0.15, 0.2) is 58.4 Å².